The number of nitrogens with zero attached hydrogens (tertiary/aromatic N) is 1. The van der Waals surface area contributed by atoms with Gasteiger partial charge in [-0.2, -0.15) is 0 Å². The zero-order valence-corrected chi connectivity index (χ0v) is 14.0. The largest absolute Gasteiger partial charge is 0.497 e. The van der Waals surface area contributed by atoms with Crippen molar-refractivity contribution < 1.29 is 14.3 Å². The monoisotopic (exact) mass is 326 g/mol. The van der Waals surface area contributed by atoms with Gasteiger partial charge in [0, 0.05) is 20.0 Å². The molecule has 0 aliphatic carbocycles. The second-order valence-electron chi connectivity index (χ2n) is 5.49. The minimum atomic E-state index is -0.178. The van der Waals surface area contributed by atoms with E-state index in [-0.39, 0.29) is 18.4 Å². The van der Waals surface area contributed by atoms with Crippen LogP contribution in [0.25, 0.3) is 0 Å². The van der Waals surface area contributed by atoms with Crippen LogP contribution < -0.4 is 10.1 Å². The topological polar surface area (TPSA) is 58.6 Å². The Morgan fingerprint density at radius 3 is 2.25 bits per heavy atom. The third-order valence-corrected chi connectivity index (χ3v) is 3.64. The molecule has 2 aromatic carbocycles. The first-order valence-electron chi connectivity index (χ1n) is 7.77. The van der Waals surface area contributed by atoms with Crippen LogP contribution in [0.5, 0.6) is 5.75 Å². The molecule has 24 heavy (non-hydrogen) atoms. The van der Waals surface area contributed by atoms with Gasteiger partial charge < -0.3 is 15.0 Å². The number of nitrogens with one attached hydrogen (secondary N) is 1. The third-order valence-electron chi connectivity index (χ3n) is 3.64. The summed E-state index contributed by atoms with van der Waals surface area (Å²) in [4.78, 5) is 25.4. The summed E-state index contributed by atoms with van der Waals surface area (Å²) in [6.07, 6.45) is 0. The van der Waals surface area contributed by atoms with Gasteiger partial charge in [0.2, 0.25) is 11.8 Å². The molecular weight excluding hydrogens is 304 g/mol. The van der Waals surface area contributed by atoms with Gasteiger partial charge in [-0.15, -0.1) is 0 Å². The molecule has 0 saturated carbocycles. The fourth-order valence-electron chi connectivity index (χ4n) is 2.26. The summed E-state index contributed by atoms with van der Waals surface area (Å²) in [6.45, 7) is 2.34. The van der Waals surface area contributed by atoms with Crippen LogP contribution in [0.4, 0.5) is 0 Å². The van der Waals surface area contributed by atoms with Crippen molar-refractivity contribution in [2.75, 3.05) is 13.7 Å². The van der Waals surface area contributed by atoms with Crippen LogP contribution in [0.1, 0.15) is 18.1 Å². The molecule has 0 radical (unpaired) electrons. The smallest absolute Gasteiger partial charge is 0.239 e. The molecular formula is C19H22N2O3. The molecule has 2 rings (SSSR count). The summed E-state index contributed by atoms with van der Waals surface area (Å²) in [5.74, 6) is 0.442. The normalized spacial score (nSPS) is 10.1. The summed E-state index contributed by atoms with van der Waals surface area (Å²) in [6, 6.07) is 17.1. The van der Waals surface area contributed by atoms with E-state index in [1.807, 2.05) is 54.6 Å². The Balaban J connectivity index is 1.90. The van der Waals surface area contributed by atoms with Crippen molar-refractivity contribution in [2.45, 2.75) is 20.0 Å². The Morgan fingerprint density at radius 2 is 1.67 bits per heavy atom. The van der Waals surface area contributed by atoms with Gasteiger partial charge in [-0.25, -0.2) is 0 Å². The van der Waals surface area contributed by atoms with Crippen molar-refractivity contribution in [3.05, 3.63) is 65.7 Å². The van der Waals surface area contributed by atoms with Crippen molar-refractivity contribution in [2.24, 2.45) is 0 Å². The summed E-state index contributed by atoms with van der Waals surface area (Å²) < 4.78 is 5.12. The average Bonchev–Trinajstić information content (AvgIpc) is 2.61. The van der Waals surface area contributed by atoms with Gasteiger partial charge in [0.05, 0.1) is 13.7 Å². The molecule has 0 saturated heterocycles. The predicted octanol–water partition coefficient (Wildman–Crippen LogP) is 2.36. The molecule has 0 aliphatic heterocycles. The molecule has 0 heterocycles. The van der Waals surface area contributed by atoms with Gasteiger partial charge in [-0.1, -0.05) is 42.5 Å². The van der Waals surface area contributed by atoms with Crippen LogP contribution in [0, 0.1) is 0 Å². The number of hydrogen-bond donors (Lipinski definition) is 1. The molecule has 2 aromatic rings. The maximum Gasteiger partial charge on any atom is 0.239 e. The van der Waals surface area contributed by atoms with Crippen LogP contribution in [0.2, 0.25) is 0 Å². The molecule has 0 aromatic heterocycles. The molecule has 5 heteroatoms. The Morgan fingerprint density at radius 1 is 1.00 bits per heavy atom. The maximum atomic E-state index is 12.1. The lowest BCUT2D eigenvalue weighted by Crippen LogP contribution is -2.39. The van der Waals surface area contributed by atoms with Gasteiger partial charge in [0.15, 0.2) is 0 Å². The van der Waals surface area contributed by atoms with E-state index in [1.165, 1.54) is 11.8 Å². The van der Waals surface area contributed by atoms with Crippen LogP contribution in [-0.2, 0) is 22.7 Å². The lowest BCUT2D eigenvalue weighted by atomic mass is 10.2. The lowest BCUT2D eigenvalue weighted by molar-refractivity contribution is -0.135. The van der Waals surface area contributed by atoms with E-state index >= 15 is 0 Å². The zero-order chi connectivity index (χ0) is 17.4. The van der Waals surface area contributed by atoms with Gasteiger partial charge in [-0.3, -0.25) is 9.59 Å². The van der Waals surface area contributed by atoms with Gasteiger partial charge >= 0.3 is 0 Å². The van der Waals surface area contributed by atoms with E-state index in [4.69, 9.17) is 4.74 Å². The highest BCUT2D eigenvalue weighted by Gasteiger charge is 2.14. The van der Waals surface area contributed by atoms with E-state index in [0.717, 1.165) is 16.9 Å². The summed E-state index contributed by atoms with van der Waals surface area (Å²) >= 11 is 0. The first-order chi connectivity index (χ1) is 11.6. The van der Waals surface area contributed by atoms with Crippen molar-refractivity contribution in [1.82, 2.24) is 10.2 Å². The molecule has 0 unspecified atom stereocenters. The van der Waals surface area contributed by atoms with Crippen molar-refractivity contribution in [1.29, 1.82) is 0 Å². The second-order valence-corrected chi connectivity index (χ2v) is 5.49. The third kappa shape index (κ3) is 5.43. The Bertz CT molecular complexity index is 669. The van der Waals surface area contributed by atoms with Gasteiger partial charge in [0.25, 0.3) is 0 Å². The molecule has 126 valence electrons. The van der Waals surface area contributed by atoms with Crippen LogP contribution in [-0.4, -0.2) is 30.4 Å². The van der Waals surface area contributed by atoms with Crippen LogP contribution in [0.15, 0.2) is 54.6 Å². The highest BCUT2D eigenvalue weighted by molar-refractivity contribution is 5.83. The van der Waals surface area contributed by atoms with E-state index in [9.17, 15) is 9.59 Å². The van der Waals surface area contributed by atoms with Crippen LogP contribution in [0.3, 0.4) is 0 Å². The number of benzene rings is 2. The maximum absolute atomic E-state index is 12.1. The van der Waals surface area contributed by atoms with Crippen molar-refractivity contribution >= 4 is 11.8 Å². The molecule has 2 amide bonds. The first-order valence-corrected chi connectivity index (χ1v) is 7.77. The van der Waals surface area contributed by atoms with E-state index < -0.39 is 0 Å². The first kappa shape index (κ1) is 17.5. The standard InChI is InChI=1S/C19H22N2O3/c1-15(22)21(13-17-8-10-18(24-2)11-9-17)14-19(23)20-12-16-6-4-3-5-7-16/h3-11H,12-14H2,1-2H3,(H,20,23). The number of carbonyl (C=O) groups excluding carboxylic acids is 2. The van der Waals surface area contributed by atoms with Gasteiger partial charge in [-0.05, 0) is 23.3 Å². The van der Waals surface area contributed by atoms with Crippen molar-refractivity contribution in [3.63, 3.8) is 0 Å². The zero-order valence-electron chi connectivity index (χ0n) is 14.0. The molecule has 0 bridgehead atoms. The molecule has 1 N–H and O–H groups in total. The Kier molecular flexibility index (Phi) is 6.37. The fourth-order valence-corrected chi connectivity index (χ4v) is 2.26. The average molecular weight is 326 g/mol. The van der Waals surface area contributed by atoms with Crippen LogP contribution >= 0.6 is 0 Å². The fraction of sp³-hybridized carbons (Fsp3) is 0.263. The molecule has 0 aliphatic rings. The number of hydrogen-bond acceptors (Lipinski definition) is 3. The summed E-state index contributed by atoms with van der Waals surface area (Å²) in [5.41, 5.74) is 1.97. The van der Waals surface area contributed by atoms with E-state index in [1.54, 1.807) is 7.11 Å². The van der Waals surface area contributed by atoms with Crippen molar-refractivity contribution in [3.8, 4) is 5.75 Å². The predicted molar refractivity (Wildman–Crippen MR) is 92.4 cm³/mol. The number of rotatable bonds is 7. The highest BCUT2D eigenvalue weighted by atomic mass is 16.5. The van der Waals surface area contributed by atoms with E-state index in [0.29, 0.717) is 13.1 Å². The number of amides is 2. The highest BCUT2D eigenvalue weighted by Crippen LogP contribution is 2.13. The Labute approximate surface area is 142 Å². The molecule has 0 spiro atoms. The van der Waals surface area contributed by atoms with Gasteiger partial charge in [0.1, 0.15) is 5.75 Å². The lowest BCUT2D eigenvalue weighted by Gasteiger charge is -2.21. The second kappa shape index (κ2) is 8.72. The summed E-state index contributed by atoms with van der Waals surface area (Å²) in [7, 11) is 1.61. The minimum absolute atomic E-state index is 0.0359. The number of methoxy groups -OCH3 is 1. The minimum Gasteiger partial charge on any atom is -0.497 e. The SMILES string of the molecule is COc1ccc(CN(CC(=O)NCc2ccccc2)C(C)=O)cc1. The molecule has 0 fully saturated rings. The number of ether oxygens (including phenoxy) is 1. The van der Waals surface area contributed by atoms with E-state index in [2.05, 4.69) is 5.32 Å². The molecule has 5 nitrogen and oxygen atoms in total. The molecule has 0 atom stereocenters. The number of carbonyl (C=O) groups is 2. The Hall–Kier alpha value is -2.82. The quantitative estimate of drug-likeness (QED) is 0.850. The summed E-state index contributed by atoms with van der Waals surface area (Å²) in [5, 5.41) is 2.84.